The number of nitrogens with one attached hydrogen (secondary N) is 1. The smallest absolute Gasteiger partial charge is 0.163 e. The van der Waals surface area contributed by atoms with E-state index in [1.165, 1.54) is 6.33 Å². The molecule has 3 rings (SSSR count). The van der Waals surface area contributed by atoms with Crippen molar-refractivity contribution in [2.75, 3.05) is 52.1 Å². The van der Waals surface area contributed by atoms with Gasteiger partial charge in [-0.05, 0) is 36.1 Å². The lowest BCUT2D eigenvalue weighted by atomic mass is 10.2. The van der Waals surface area contributed by atoms with Gasteiger partial charge >= 0.3 is 0 Å². The lowest BCUT2D eigenvalue weighted by molar-refractivity contribution is 0.118. The Hall–Kier alpha value is -4.26. The molecule has 0 aliphatic rings. The minimum Gasteiger partial charge on any atom is -0.487 e. The van der Waals surface area contributed by atoms with Gasteiger partial charge in [-0.2, -0.15) is 0 Å². The van der Waals surface area contributed by atoms with E-state index in [0.29, 0.717) is 42.7 Å². The van der Waals surface area contributed by atoms with Crippen LogP contribution in [0.25, 0.3) is 10.9 Å². The Morgan fingerprint density at radius 3 is 2.57 bits per heavy atom. The van der Waals surface area contributed by atoms with Gasteiger partial charge in [-0.15, -0.1) is 6.42 Å². The summed E-state index contributed by atoms with van der Waals surface area (Å²) in [7, 11) is 1.61. The number of aliphatic hydroxyl groups excluding tert-OH is 1. The maximum atomic E-state index is 8.59. The third-order valence-electron chi connectivity index (χ3n) is 4.52. The third-order valence-corrected chi connectivity index (χ3v) is 4.52. The van der Waals surface area contributed by atoms with Crippen molar-refractivity contribution in [2.45, 2.75) is 0 Å². The molecule has 35 heavy (non-hydrogen) atoms. The predicted octanol–water partition coefficient (Wildman–Crippen LogP) is 2.77. The largest absolute Gasteiger partial charge is 0.487 e. The Kier molecular flexibility index (Phi) is 10.2. The monoisotopic (exact) mass is 471 g/mol. The summed E-state index contributed by atoms with van der Waals surface area (Å²) in [5, 5.41) is 12.6. The van der Waals surface area contributed by atoms with Crippen molar-refractivity contribution in [3.63, 3.8) is 0 Å². The maximum Gasteiger partial charge on any atom is 0.163 e. The normalized spacial score (nSPS) is 9.86. The second-order valence-corrected chi connectivity index (χ2v) is 6.89. The van der Waals surface area contributed by atoms with Crippen LogP contribution in [0.5, 0.6) is 11.5 Å². The first kappa shape index (κ1) is 25.4. The molecule has 2 aromatic carbocycles. The number of aliphatic hydroxyl groups is 1. The number of ether oxygens (including phenoxy) is 4. The second kappa shape index (κ2) is 14.1. The van der Waals surface area contributed by atoms with Crippen LogP contribution in [0.4, 0.5) is 11.5 Å². The minimum absolute atomic E-state index is 0.205. The van der Waals surface area contributed by atoms with Gasteiger partial charge in [0.15, 0.2) is 11.5 Å². The van der Waals surface area contributed by atoms with Gasteiger partial charge < -0.3 is 29.4 Å². The highest BCUT2D eigenvalue weighted by Crippen LogP contribution is 2.35. The Morgan fingerprint density at radius 2 is 1.77 bits per heavy atom. The van der Waals surface area contributed by atoms with Crippen molar-refractivity contribution in [3.8, 4) is 47.5 Å². The molecule has 0 saturated heterocycles. The molecular formula is C27H25N3O5. The SMILES string of the molecule is C#Cc1cccc(Nc2ncnc3cc(OCCOC)c(OCCOCC#CC#CCO)cc23)c1. The van der Waals surface area contributed by atoms with Gasteiger partial charge in [-0.1, -0.05) is 23.8 Å². The molecule has 0 bridgehead atoms. The lowest BCUT2D eigenvalue weighted by Gasteiger charge is -2.15. The number of terminal acetylenes is 1. The van der Waals surface area contributed by atoms with E-state index in [1.807, 2.05) is 30.3 Å². The molecule has 178 valence electrons. The topological polar surface area (TPSA) is 95.0 Å². The van der Waals surface area contributed by atoms with Gasteiger partial charge in [0.05, 0.1) is 18.7 Å². The minimum atomic E-state index is -0.219. The third kappa shape index (κ3) is 7.92. The molecule has 1 heterocycles. The zero-order valence-electron chi connectivity index (χ0n) is 19.3. The highest BCUT2D eigenvalue weighted by Gasteiger charge is 2.13. The predicted molar refractivity (Wildman–Crippen MR) is 134 cm³/mol. The van der Waals surface area contributed by atoms with Gasteiger partial charge in [0.1, 0.15) is 38.6 Å². The van der Waals surface area contributed by atoms with Crippen molar-refractivity contribution in [2.24, 2.45) is 0 Å². The van der Waals surface area contributed by atoms with Gasteiger partial charge in [0.2, 0.25) is 0 Å². The summed E-state index contributed by atoms with van der Waals surface area (Å²) in [6.45, 7) is 1.36. The summed E-state index contributed by atoms with van der Waals surface area (Å²) in [6, 6.07) is 11.1. The van der Waals surface area contributed by atoms with Gasteiger partial charge in [0, 0.05) is 29.8 Å². The molecule has 2 N–H and O–H groups in total. The van der Waals surface area contributed by atoms with Crippen LogP contribution in [-0.4, -0.2) is 61.8 Å². The number of methoxy groups -OCH3 is 1. The number of benzene rings is 2. The van der Waals surface area contributed by atoms with Crippen LogP contribution in [0, 0.1) is 36.0 Å². The molecule has 0 aliphatic carbocycles. The molecule has 3 aromatic rings. The first-order valence-electron chi connectivity index (χ1n) is 10.8. The van der Waals surface area contributed by atoms with E-state index in [1.54, 1.807) is 13.2 Å². The number of hydrogen-bond donors (Lipinski definition) is 2. The Labute approximate surface area is 204 Å². The summed E-state index contributed by atoms with van der Waals surface area (Å²) in [5.74, 6) is 14.6. The summed E-state index contributed by atoms with van der Waals surface area (Å²) < 4.78 is 22.3. The van der Waals surface area contributed by atoms with Gasteiger partial charge in [0.25, 0.3) is 0 Å². The van der Waals surface area contributed by atoms with Crippen molar-refractivity contribution >= 4 is 22.4 Å². The fourth-order valence-electron chi connectivity index (χ4n) is 2.95. The molecule has 1 aromatic heterocycles. The van der Waals surface area contributed by atoms with Crippen molar-refractivity contribution in [1.29, 1.82) is 0 Å². The van der Waals surface area contributed by atoms with Crippen LogP contribution in [-0.2, 0) is 9.47 Å². The van der Waals surface area contributed by atoms with E-state index in [9.17, 15) is 0 Å². The standard InChI is InChI=1S/C27H25N3O5/c1-3-21-9-8-10-22(17-21)30-27-23-18-25(35-16-14-33-12-7-5-4-6-11-31)26(34-15-13-32-2)19-24(23)28-20-29-27/h1,8-10,17-20,31H,11-16H2,2H3,(H,28,29,30). The van der Waals surface area contributed by atoms with Crippen LogP contribution in [0.1, 0.15) is 5.56 Å². The second-order valence-electron chi connectivity index (χ2n) is 6.89. The first-order valence-corrected chi connectivity index (χ1v) is 10.8. The zero-order valence-corrected chi connectivity index (χ0v) is 19.3. The van der Waals surface area contributed by atoms with Gasteiger partial charge in [-0.25, -0.2) is 9.97 Å². The number of anilines is 2. The van der Waals surface area contributed by atoms with Crippen molar-refractivity contribution in [3.05, 3.63) is 48.3 Å². The van der Waals surface area contributed by atoms with Crippen LogP contribution in [0.15, 0.2) is 42.7 Å². The van der Waals surface area contributed by atoms with E-state index in [4.69, 9.17) is 30.5 Å². The van der Waals surface area contributed by atoms with Crippen molar-refractivity contribution < 1.29 is 24.1 Å². The molecular weight excluding hydrogens is 446 g/mol. The van der Waals surface area contributed by atoms with E-state index < -0.39 is 0 Å². The summed E-state index contributed by atoms with van der Waals surface area (Å²) in [5.41, 5.74) is 2.25. The molecule has 0 fully saturated rings. The number of hydrogen-bond acceptors (Lipinski definition) is 8. The molecule has 8 nitrogen and oxygen atoms in total. The molecule has 0 saturated carbocycles. The molecule has 8 heteroatoms. The number of rotatable bonds is 11. The van der Waals surface area contributed by atoms with Crippen LogP contribution in [0.2, 0.25) is 0 Å². The fraction of sp³-hybridized carbons (Fsp3) is 0.259. The number of nitrogens with zero attached hydrogens (tertiary/aromatic N) is 2. The Bertz CT molecular complexity index is 1300. The maximum absolute atomic E-state index is 8.59. The van der Waals surface area contributed by atoms with Crippen LogP contribution >= 0.6 is 0 Å². The molecule has 0 unspecified atom stereocenters. The van der Waals surface area contributed by atoms with E-state index in [-0.39, 0.29) is 19.8 Å². The molecule has 0 aliphatic heterocycles. The van der Waals surface area contributed by atoms with Crippen molar-refractivity contribution in [1.82, 2.24) is 9.97 Å². The summed E-state index contributed by atoms with van der Waals surface area (Å²) >= 11 is 0. The van der Waals surface area contributed by atoms with E-state index in [2.05, 4.69) is 44.9 Å². The molecule has 0 atom stereocenters. The fourth-order valence-corrected chi connectivity index (χ4v) is 2.95. The van der Waals surface area contributed by atoms with Gasteiger partial charge in [-0.3, -0.25) is 0 Å². The molecule has 0 amide bonds. The zero-order chi connectivity index (χ0) is 24.7. The van der Waals surface area contributed by atoms with Crippen LogP contribution in [0.3, 0.4) is 0 Å². The number of aromatic nitrogens is 2. The Balaban J connectivity index is 1.77. The average molecular weight is 472 g/mol. The molecule has 0 spiro atoms. The number of fused-ring (bicyclic) bond motifs is 1. The first-order chi connectivity index (χ1) is 17.2. The Morgan fingerprint density at radius 1 is 0.971 bits per heavy atom. The highest BCUT2D eigenvalue weighted by molar-refractivity contribution is 5.93. The van der Waals surface area contributed by atoms with Crippen LogP contribution < -0.4 is 14.8 Å². The van der Waals surface area contributed by atoms with E-state index in [0.717, 1.165) is 16.6 Å². The molecule has 0 radical (unpaired) electrons. The quantitative estimate of drug-likeness (QED) is 0.326. The average Bonchev–Trinajstić information content (AvgIpc) is 2.88. The summed E-state index contributed by atoms with van der Waals surface area (Å²) in [6.07, 6.45) is 7.00. The van der Waals surface area contributed by atoms with E-state index >= 15 is 0 Å². The lowest BCUT2D eigenvalue weighted by Crippen LogP contribution is -2.10. The summed E-state index contributed by atoms with van der Waals surface area (Å²) in [4.78, 5) is 8.78. The highest BCUT2D eigenvalue weighted by atomic mass is 16.5.